The lowest BCUT2D eigenvalue weighted by Gasteiger charge is -1.97. The first-order valence-electron chi connectivity index (χ1n) is 4.81. The molecule has 16 heavy (non-hydrogen) atoms. The molecule has 0 radical (unpaired) electrons. The Balaban J connectivity index is 2.17. The van der Waals surface area contributed by atoms with E-state index in [9.17, 15) is 0 Å². The molecule has 0 saturated heterocycles. The largest absolute Gasteiger partial charge is 0.232 e. The summed E-state index contributed by atoms with van der Waals surface area (Å²) in [4.78, 5) is 5.40. The molecule has 3 rings (SSSR count). The zero-order chi connectivity index (χ0) is 11.1. The standard InChI is InChI=1S/C11H8ClN3S/c1-7-6-15-11(13-7)5-2-8(14-15)9-3-4-10(12)16-9/h2-6H,1H3. The van der Waals surface area contributed by atoms with Gasteiger partial charge in [-0.15, -0.1) is 11.3 Å². The van der Waals surface area contributed by atoms with Crippen LogP contribution in [0.1, 0.15) is 5.69 Å². The van der Waals surface area contributed by atoms with E-state index in [1.165, 1.54) is 11.3 Å². The highest BCUT2D eigenvalue weighted by molar-refractivity contribution is 7.19. The molecule has 0 atom stereocenters. The lowest BCUT2D eigenvalue weighted by atomic mass is 10.3. The predicted octanol–water partition coefficient (Wildman–Crippen LogP) is 3.42. The highest BCUT2D eigenvalue weighted by Gasteiger charge is 2.05. The van der Waals surface area contributed by atoms with Crippen LogP contribution in [0.3, 0.4) is 0 Å². The summed E-state index contributed by atoms with van der Waals surface area (Å²) in [6, 6.07) is 7.78. The van der Waals surface area contributed by atoms with E-state index in [0.717, 1.165) is 26.2 Å². The van der Waals surface area contributed by atoms with Crippen LogP contribution in [0, 0.1) is 6.92 Å². The number of rotatable bonds is 1. The van der Waals surface area contributed by atoms with Gasteiger partial charge in [-0.25, -0.2) is 9.50 Å². The van der Waals surface area contributed by atoms with Crippen LogP contribution < -0.4 is 0 Å². The molecule has 5 heteroatoms. The Morgan fingerprint density at radius 1 is 1.25 bits per heavy atom. The number of halogens is 1. The summed E-state index contributed by atoms with van der Waals surface area (Å²) in [6.07, 6.45) is 1.91. The predicted molar refractivity (Wildman–Crippen MR) is 66.0 cm³/mol. The first-order valence-corrected chi connectivity index (χ1v) is 6.00. The second kappa shape index (κ2) is 3.57. The fourth-order valence-electron chi connectivity index (χ4n) is 1.58. The maximum atomic E-state index is 5.90. The van der Waals surface area contributed by atoms with Crippen molar-refractivity contribution in [3.8, 4) is 10.6 Å². The summed E-state index contributed by atoms with van der Waals surface area (Å²) in [5, 5.41) is 4.49. The van der Waals surface area contributed by atoms with Gasteiger partial charge < -0.3 is 0 Å². The van der Waals surface area contributed by atoms with E-state index in [4.69, 9.17) is 11.6 Å². The molecule has 80 valence electrons. The van der Waals surface area contributed by atoms with Gasteiger partial charge in [0.25, 0.3) is 0 Å². The second-order valence-electron chi connectivity index (χ2n) is 3.51. The summed E-state index contributed by atoms with van der Waals surface area (Å²) >= 11 is 7.43. The molecule has 3 aromatic rings. The van der Waals surface area contributed by atoms with Crippen LogP contribution in [0.2, 0.25) is 4.34 Å². The van der Waals surface area contributed by atoms with Crippen molar-refractivity contribution < 1.29 is 0 Å². The first kappa shape index (κ1) is 9.81. The molecule has 0 spiro atoms. The molecule has 3 nitrogen and oxygen atoms in total. The average molecular weight is 250 g/mol. The summed E-state index contributed by atoms with van der Waals surface area (Å²) in [6.45, 7) is 1.95. The Bertz CT molecular complexity index is 656. The first-order chi connectivity index (χ1) is 7.72. The minimum Gasteiger partial charge on any atom is -0.232 e. The monoisotopic (exact) mass is 249 g/mol. The topological polar surface area (TPSA) is 30.2 Å². The quantitative estimate of drug-likeness (QED) is 0.662. The highest BCUT2D eigenvalue weighted by atomic mass is 35.5. The molecule has 3 heterocycles. The number of nitrogens with zero attached hydrogens (tertiary/aromatic N) is 3. The molecule has 0 aliphatic rings. The van der Waals surface area contributed by atoms with E-state index < -0.39 is 0 Å². The van der Waals surface area contributed by atoms with Crippen LogP contribution in [0.25, 0.3) is 16.2 Å². The van der Waals surface area contributed by atoms with Crippen LogP contribution in [0.15, 0.2) is 30.5 Å². The van der Waals surface area contributed by atoms with Crippen molar-refractivity contribution in [3.63, 3.8) is 0 Å². The molecule has 0 aromatic carbocycles. The van der Waals surface area contributed by atoms with Crippen LogP contribution >= 0.6 is 22.9 Å². The molecule has 3 aromatic heterocycles. The van der Waals surface area contributed by atoms with E-state index in [2.05, 4.69) is 10.1 Å². The average Bonchev–Trinajstić information content (AvgIpc) is 2.81. The number of hydrogen-bond donors (Lipinski definition) is 0. The normalized spacial score (nSPS) is 11.1. The molecular formula is C11H8ClN3S. The number of fused-ring (bicyclic) bond motifs is 1. The fourth-order valence-corrected chi connectivity index (χ4v) is 2.59. The SMILES string of the molecule is Cc1cn2nc(-c3ccc(Cl)s3)ccc2n1. The minimum atomic E-state index is 0.777. The Kier molecular flexibility index (Phi) is 2.19. The van der Waals surface area contributed by atoms with Crippen LogP contribution in [-0.4, -0.2) is 14.6 Å². The summed E-state index contributed by atoms with van der Waals surface area (Å²) in [5.41, 5.74) is 2.75. The minimum absolute atomic E-state index is 0.777. The lowest BCUT2D eigenvalue weighted by Crippen LogP contribution is -1.91. The third-order valence-electron chi connectivity index (χ3n) is 2.27. The lowest BCUT2D eigenvalue weighted by molar-refractivity contribution is 0.943. The van der Waals surface area contributed by atoms with Gasteiger partial charge in [-0.3, -0.25) is 0 Å². The molecule has 0 saturated carbocycles. The van der Waals surface area contributed by atoms with Gasteiger partial charge in [-0.05, 0) is 31.2 Å². The number of aryl methyl sites for hydroxylation is 1. The van der Waals surface area contributed by atoms with Gasteiger partial charge in [0.1, 0.15) is 5.69 Å². The van der Waals surface area contributed by atoms with Gasteiger partial charge >= 0.3 is 0 Å². The van der Waals surface area contributed by atoms with E-state index in [1.54, 1.807) is 4.52 Å². The summed E-state index contributed by atoms with van der Waals surface area (Å²) in [7, 11) is 0. The Labute approximate surface area is 101 Å². The fraction of sp³-hybridized carbons (Fsp3) is 0.0909. The van der Waals surface area contributed by atoms with Gasteiger partial charge in [-0.2, -0.15) is 5.10 Å². The van der Waals surface area contributed by atoms with Crippen molar-refractivity contribution in [1.29, 1.82) is 0 Å². The number of aromatic nitrogens is 3. The third kappa shape index (κ3) is 1.60. The molecule has 0 N–H and O–H groups in total. The van der Waals surface area contributed by atoms with Gasteiger partial charge in [0.05, 0.1) is 21.1 Å². The number of thiophene rings is 1. The smallest absolute Gasteiger partial charge is 0.153 e. The summed E-state index contributed by atoms with van der Waals surface area (Å²) in [5.74, 6) is 0. The molecule has 0 bridgehead atoms. The van der Waals surface area contributed by atoms with Crippen molar-refractivity contribution in [2.24, 2.45) is 0 Å². The van der Waals surface area contributed by atoms with E-state index in [0.29, 0.717) is 0 Å². The molecular weight excluding hydrogens is 242 g/mol. The molecule has 0 aliphatic carbocycles. The number of hydrogen-bond acceptors (Lipinski definition) is 3. The van der Waals surface area contributed by atoms with Crippen molar-refractivity contribution in [2.75, 3.05) is 0 Å². The van der Waals surface area contributed by atoms with Gasteiger partial charge in [0, 0.05) is 0 Å². The van der Waals surface area contributed by atoms with Crippen molar-refractivity contribution >= 4 is 28.6 Å². The second-order valence-corrected chi connectivity index (χ2v) is 5.22. The molecule has 0 unspecified atom stereocenters. The zero-order valence-corrected chi connectivity index (χ0v) is 10.1. The highest BCUT2D eigenvalue weighted by Crippen LogP contribution is 2.29. The Morgan fingerprint density at radius 3 is 2.88 bits per heavy atom. The number of imidazole rings is 1. The van der Waals surface area contributed by atoms with Crippen molar-refractivity contribution in [3.05, 3.63) is 40.5 Å². The Morgan fingerprint density at radius 2 is 2.12 bits per heavy atom. The molecule has 0 amide bonds. The van der Waals surface area contributed by atoms with E-state index >= 15 is 0 Å². The zero-order valence-electron chi connectivity index (χ0n) is 8.51. The van der Waals surface area contributed by atoms with Crippen molar-refractivity contribution in [1.82, 2.24) is 14.6 Å². The van der Waals surface area contributed by atoms with Crippen molar-refractivity contribution in [2.45, 2.75) is 6.92 Å². The van der Waals surface area contributed by atoms with E-state index in [1.807, 2.05) is 37.4 Å². The van der Waals surface area contributed by atoms with Gasteiger partial charge in [0.15, 0.2) is 5.65 Å². The maximum absolute atomic E-state index is 5.90. The maximum Gasteiger partial charge on any atom is 0.153 e. The molecule has 0 fully saturated rings. The summed E-state index contributed by atoms with van der Waals surface area (Å²) < 4.78 is 2.57. The van der Waals surface area contributed by atoms with Gasteiger partial charge in [0.2, 0.25) is 0 Å². The third-order valence-corrected chi connectivity index (χ3v) is 3.52. The Hall–Kier alpha value is -1.39. The van der Waals surface area contributed by atoms with Crippen LogP contribution in [0.5, 0.6) is 0 Å². The molecule has 0 aliphatic heterocycles. The van der Waals surface area contributed by atoms with Gasteiger partial charge in [-0.1, -0.05) is 11.6 Å². The van der Waals surface area contributed by atoms with Crippen LogP contribution in [0.4, 0.5) is 0 Å². The van der Waals surface area contributed by atoms with E-state index in [-0.39, 0.29) is 0 Å². The van der Waals surface area contributed by atoms with Crippen LogP contribution in [-0.2, 0) is 0 Å².